The summed E-state index contributed by atoms with van der Waals surface area (Å²) in [5.74, 6) is -1.71. The molecule has 2 nitrogen and oxygen atoms in total. The molecule has 1 N–H and O–H groups in total. The predicted octanol–water partition coefficient (Wildman–Crippen LogP) is 0.634. The van der Waals surface area contributed by atoms with E-state index in [4.69, 9.17) is 0 Å². The summed E-state index contributed by atoms with van der Waals surface area (Å²) in [5.41, 5.74) is 0. The third-order valence-corrected chi connectivity index (χ3v) is 1.89. The van der Waals surface area contributed by atoms with Gasteiger partial charge in [0.1, 0.15) is 0 Å². The minimum Gasteiger partial charge on any atom is -0.326 e. The average molecular weight is 149 g/mol. The Labute approximate surface area is 57.6 Å². The number of hydrogen-bond acceptors (Lipinski definition) is 1. The van der Waals surface area contributed by atoms with Crippen molar-refractivity contribution in [3.05, 3.63) is 0 Å². The second-order valence-corrected chi connectivity index (χ2v) is 2.52. The lowest BCUT2D eigenvalue weighted by Gasteiger charge is -2.08. The van der Waals surface area contributed by atoms with Gasteiger partial charge in [-0.3, -0.25) is 9.18 Å². The summed E-state index contributed by atoms with van der Waals surface area (Å²) in [4.78, 5) is 10.6. The van der Waals surface area contributed by atoms with Crippen molar-refractivity contribution < 1.29 is 13.6 Å². The Bertz CT molecular complexity index is 151. The number of carbonyl (C=O) groups excluding carboxylic acids is 1. The first kappa shape index (κ1) is 7.44. The third kappa shape index (κ3) is 0.978. The number of nitrogens with one attached hydrogen (secondary N) is 1. The smallest absolute Gasteiger partial charge is 0.225 e. The summed E-state index contributed by atoms with van der Waals surface area (Å²) in [6.45, 7) is 0.750. The van der Waals surface area contributed by atoms with Gasteiger partial charge in [-0.25, -0.2) is 4.39 Å². The van der Waals surface area contributed by atoms with Crippen molar-refractivity contribution in [2.75, 3.05) is 6.67 Å². The molecule has 0 spiro atoms. The van der Waals surface area contributed by atoms with Crippen LogP contribution in [0.5, 0.6) is 0 Å². The van der Waals surface area contributed by atoms with Gasteiger partial charge in [0, 0.05) is 11.8 Å². The van der Waals surface area contributed by atoms with E-state index in [2.05, 4.69) is 0 Å². The van der Waals surface area contributed by atoms with E-state index in [1.807, 2.05) is 5.32 Å². The van der Waals surface area contributed by atoms with Gasteiger partial charge in [0.25, 0.3) is 0 Å². The predicted molar refractivity (Wildman–Crippen MR) is 31.7 cm³/mol. The van der Waals surface area contributed by atoms with E-state index in [1.165, 1.54) is 6.92 Å². The molecule has 0 aromatic rings. The summed E-state index contributed by atoms with van der Waals surface area (Å²) >= 11 is 0. The fourth-order valence-electron chi connectivity index (χ4n) is 1.03. The van der Waals surface area contributed by atoms with Gasteiger partial charge >= 0.3 is 0 Å². The Morgan fingerprint density at radius 2 is 2.30 bits per heavy atom. The summed E-state index contributed by atoms with van der Waals surface area (Å²) < 4.78 is 24.5. The molecule has 4 heteroatoms. The maximum absolute atomic E-state index is 12.5. The van der Waals surface area contributed by atoms with Crippen LogP contribution in [0.4, 0.5) is 8.78 Å². The van der Waals surface area contributed by atoms with Crippen LogP contribution in [0.15, 0.2) is 0 Å². The van der Waals surface area contributed by atoms with Crippen LogP contribution in [0, 0.1) is 11.8 Å². The SMILES string of the molecule is CC1C(=O)NC(F)C1CF. The van der Waals surface area contributed by atoms with Gasteiger partial charge < -0.3 is 5.32 Å². The van der Waals surface area contributed by atoms with Crippen molar-refractivity contribution >= 4 is 5.91 Å². The lowest BCUT2D eigenvalue weighted by molar-refractivity contribution is -0.122. The van der Waals surface area contributed by atoms with Crippen molar-refractivity contribution in [2.24, 2.45) is 11.8 Å². The monoisotopic (exact) mass is 149 g/mol. The Hall–Kier alpha value is -0.670. The first-order valence-corrected chi connectivity index (χ1v) is 3.17. The summed E-state index contributed by atoms with van der Waals surface area (Å²) in [5, 5.41) is 2.02. The van der Waals surface area contributed by atoms with Gasteiger partial charge in [-0.2, -0.15) is 0 Å². The van der Waals surface area contributed by atoms with Crippen LogP contribution in [0.1, 0.15) is 6.92 Å². The fourth-order valence-corrected chi connectivity index (χ4v) is 1.03. The highest BCUT2D eigenvalue weighted by atomic mass is 19.1. The first-order chi connectivity index (χ1) is 4.66. The number of rotatable bonds is 1. The Balaban J connectivity index is 2.64. The number of hydrogen-bond donors (Lipinski definition) is 1. The molecular weight excluding hydrogens is 140 g/mol. The molecule has 3 atom stereocenters. The van der Waals surface area contributed by atoms with Crippen molar-refractivity contribution in [3.63, 3.8) is 0 Å². The Morgan fingerprint density at radius 3 is 2.50 bits per heavy atom. The van der Waals surface area contributed by atoms with Crippen LogP contribution in [0.25, 0.3) is 0 Å². The molecule has 3 unspecified atom stereocenters. The largest absolute Gasteiger partial charge is 0.326 e. The van der Waals surface area contributed by atoms with Crippen molar-refractivity contribution in [1.29, 1.82) is 0 Å². The standard InChI is InChI=1S/C6H9F2NO/c1-3-4(2-7)5(8)9-6(3)10/h3-5H,2H2,1H3,(H,9,10). The van der Waals surface area contributed by atoms with Gasteiger partial charge in [-0.05, 0) is 0 Å². The molecule has 58 valence electrons. The molecule has 0 bridgehead atoms. The molecule has 0 saturated carbocycles. The molecule has 1 fully saturated rings. The molecular formula is C6H9F2NO. The van der Waals surface area contributed by atoms with Gasteiger partial charge in [0.2, 0.25) is 5.91 Å². The minimum absolute atomic E-state index is 0.393. The van der Waals surface area contributed by atoms with Crippen LogP contribution >= 0.6 is 0 Å². The van der Waals surface area contributed by atoms with Crippen LogP contribution in [-0.4, -0.2) is 18.9 Å². The Kier molecular flexibility index (Phi) is 1.87. The molecule has 0 aliphatic carbocycles. The number of carbonyl (C=O) groups is 1. The van der Waals surface area contributed by atoms with Crippen LogP contribution in [0.3, 0.4) is 0 Å². The number of amides is 1. The van der Waals surface area contributed by atoms with E-state index >= 15 is 0 Å². The zero-order valence-corrected chi connectivity index (χ0v) is 5.60. The van der Waals surface area contributed by atoms with Crippen molar-refractivity contribution in [3.8, 4) is 0 Å². The molecule has 1 rings (SSSR count). The summed E-state index contributed by atoms with van der Waals surface area (Å²) in [7, 11) is 0. The second kappa shape index (κ2) is 2.52. The zero-order valence-electron chi connectivity index (χ0n) is 5.60. The van der Waals surface area contributed by atoms with Crippen LogP contribution in [-0.2, 0) is 4.79 Å². The van der Waals surface area contributed by atoms with Crippen molar-refractivity contribution in [1.82, 2.24) is 5.32 Å². The molecule has 0 aromatic carbocycles. The summed E-state index contributed by atoms with van der Waals surface area (Å²) in [6, 6.07) is 0. The topological polar surface area (TPSA) is 29.1 Å². The van der Waals surface area contributed by atoms with E-state index in [0.29, 0.717) is 0 Å². The maximum Gasteiger partial charge on any atom is 0.225 e. The van der Waals surface area contributed by atoms with Gasteiger partial charge in [-0.1, -0.05) is 6.92 Å². The molecule has 0 radical (unpaired) electrons. The lowest BCUT2D eigenvalue weighted by atomic mass is 9.99. The normalized spacial score (nSPS) is 39.9. The van der Waals surface area contributed by atoms with E-state index in [-0.39, 0.29) is 0 Å². The second-order valence-electron chi connectivity index (χ2n) is 2.52. The van der Waals surface area contributed by atoms with Gasteiger partial charge in [0.05, 0.1) is 6.67 Å². The van der Waals surface area contributed by atoms with E-state index in [9.17, 15) is 13.6 Å². The third-order valence-electron chi connectivity index (χ3n) is 1.89. The highest BCUT2D eigenvalue weighted by molar-refractivity contribution is 5.81. The number of alkyl halides is 2. The quantitative estimate of drug-likeness (QED) is 0.544. The minimum atomic E-state index is -1.49. The molecule has 1 aliphatic heterocycles. The first-order valence-electron chi connectivity index (χ1n) is 3.17. The molecule has 1 saturated heterocycles. The van der Waals surface area contributed by atoms with Gasteiger partial charge in [0.15, 0.2) is 6.30 Å². The highest BCUT2D eigenvalue weighted by Gasteiger charge is 2.39. The summed E-state index contributed by atoms with van der Waals surface area (Å²) in [6.07, 6.45) is -1.49. The van der Waals surface area contributed by atoms with Crippen molar-refractivity contribution in [2.45, 2.75) is 13.2 Å². The number of halogens is 2. The van der Waals surface area contributed by atoms with E-state index in [1.54, 1.807) is 0 Å². The molecule has 0 aromatic heterocycles. The molecule has 1 heterocycles. The van der Waals surface area contributed by atoms with Crippen LogP contribution < -0.4 is 5.32 Å². The highest BCUT2D eigenvalue weighted by Crippen LogP contribution is 2.23. The molecule has 1 aliphatic rings. The van der Waals surface area contributed by atoms with E-state index < -0.39 is 30.7 Å². The van der Waals surface area contributed by atoms with E-state index in [0.717, 1.165) is 0 Å². The average Bonchev–Trinajstić information content (AvgIpc) is 2.09. The van der Waals surface area contributed by atoms with Crippen LogP contribution in [0.2, 0.25) is 0 Å². The Morgan fingerprint density at radius 1 is 1.70 bits per heavy atom. The maximum atomic E-state index is 12.5. The fraction of sp³-hybridized carbons (Fsp3) is 0.833. The molecule has 1 amide bonds. The zero-order chi connectivity index (χ0) is 7.72. The van der Waals surface area contributed by atoms with Gasteiger partial charge in [-0.15, -0.1) is 0 Å². The molecule has 10 heavy (non-hydrogen) atoms. The lowest BCUT2D eigenvalue weighted by Crippen LogP contribution is -2.24.